The fourth-order valence-electron chi connectivity index (χ4n) is 6.08. The zero-order valence-corrected chi connectivity index (χ0v) is 24.8. The van der Waals surface area contributed by atoms with Crippen LogP contribution in [0.1, 0.15) is 62.4 Å². The first-order chi connectivity index (χ1) is 20.1. The lowest BCUT2D eigenvalue weighted by Gasteiger charge is -2.53. The van der Waals surface area contributed by atoms with Gasteiger partial charge in [0.15, 0.2) is 12.2 Å². The lowest BCUT2D eigenvalue weighted by molar-refractivity contribution is -0.167. The minimum atomic E-state index is -1.14. The number of hydrogen-bond donors (Lipinski definition) is 0. The van der Waals surface area contributed by atoms with Gasteiger partial charge in [-0.2, -0.15) is 0 Å². The van der Waals surface area contributed by atoms with Crippen LogP contribution in [-0.4, -0.2) is 38.4 Å². The van der Waals surface area contributed by atoms with E-state index in [4.69, 9.17) is 18.9 Å². The summed E-state index contributed by atoms with van der Waals surface area (Å²) in [5.74, 6) is -0.450. The maximum absolute atomic E-state index is 13.8. The molecule has 1 aliphatic rings. The molecule has 0 heterocycles. The lowest BCUT2D eigenvalue weighted by atomic mass is 9.59. The molecule has 0 bridgehead atoms. The summed E-state index contributed by atoms with van der Waals surface area (Å²) < 4.78 is 24.3. The van der Waals surface area contributed by atoms with E-state index in [0.29, 0.717) is 16.9 Å². The molecule has 4 aromatic rings. The number of rotatable bonds is 7. The molecule has 0 amide bonds. The van der Waals surface area contributed by atoms with Gasteiger partial charge in [-0.1, -0.05) is 66.2 Å². The first kappa shape index (κ1) is 29.1. The number of methoxy groups -OCH3 is 2. The predicted octanol–water partition coefficient (Wildman–Crippen LogP) is 6.94. The van der Waals surface area contributed by atoms with Gasteiger partial charge >= 0.3 is 11.9 Å². The average molecular weight is 565 g/mol. The van der Waals surface area contributed by atoms with Gasteiger partial charge < -0.3 is 18.9 Å². The summed E-state index contributed by atoms with van der Waals surface area (Å²) >= 11 is 0. The van der Waals surface area contributed by atoms with Gasteiger partial charge in [-0.3, -0.25) is 0 Å². The number of hydrogen-bond acceptors (Lipinski definition) is 6. The quantitative estimate of drug-likeness (QED) is 0.226. The Morgan fingerprint density at radius 3 is 1.67 bits per heavy atom. The van der Waals surface area contributed by atoms with Gasteiger partial charge in [-0.05, 0) is 86.3 Å². The summed E-state index contributed by atoms with van der Waals surface area (Å²) in [4.78, 5) is 27.5. The van der Waals surface area contributed by atoms with E-state index < -0.39 is 35.2 Å². The second-order valence-corrected chi connectivity index (χ2v) is 11.1. The molecular weight excluding hydrogens is 528 g/mol. The van der Waals surface area contributed by atoms with E-state index >= 15 is 0 Å². The van der Waals surface area contributed by atoms with Crippen molar-refractivity contribution in [1.29, 1.82) is 0 Å². The summed E-state index contributed by atoms with van der Waals surface area (Å²) in [6.45, 7) is 7.91. The molecule has 42 heavy (non-hydrogen) atoms. The molecule has 0 fully saturated rings. The number of benzene rings is 4. The summed E-state index contributed by atoms with van der Waals surface area (Å²) in [6.07, 6.45) is -1.96. The first-order valence-corrected chi connectivity index (χ1v) is 14.0. The van der Waals surface area contributed by atoms with Crippen LogP contribution in [0.5, 0.6) is 5.75 Å². The zero-order chi connectivity index (χ0) is 30.1. The largest absolute Gasteiger partial charge is 0.497 e. The van der Waals surface area contributed by atoms with E-state index in [9.17, 15) is 9.59 Å². The van der Waals surface area contributed by atoms with Crippen LogP contribution in [-0.2, 0) is 25.2 Å². The van der Waals surface area contributed by atoms with Crippen molar-refractivity contribution in [3.05, 3.63) is 136 Å². The smallest absolute Gasteiger partial charge is 0.338 e. The number of ether oxygens (including phenoxy) is 4. The summed E-state index contributed by atoms with van der Waals surface area (Å²) in [6, 6.07) is 29.9. The van der Waals surface area contributed by atoms with Crippen LogP contribution in [0.4, 0.5) is 0 Å². The average Bonchev–Trinajstić information content (AvgIpc) is 3.02. The van der Waals surface area contributed by atoms with Crippen molar-refractivity contribution in [2.24, 2.45) is 0 Å². The van der Waals surface area contributed by atoms with Crippen molar-refractivity contribution in [2.75, 3.05) is 14.2 Å². The SMILES string of the molecule is COc1ccc(C(=O)OC2C(OC(=O)c3ccc(C)cc3)[C@](C)(c3ccccc3C)c3ccccc3[C@@]2(C)OC)cc1. The van der Waals surface area contributed by atoms with Gasteiger partial charge in [-0.25, -0.2) is 9.59 Å². The van der Waals surface area contributed by atoms with Crippen molar-refractivity contribution in [3.63, 3.8) is 0 Å². The van der Waals surface area contributed by atoms with E-state index in [-0.39, 0.29) is 0 Å². The Morgan fingerprint density at radius 2 is 1.12 bits per heavy atom. The molecule has 6 heteroatoms. The third kappa shape index (κ3) is 4.96. The molecule has 4 aromatic carbocycles. The van der Waals surface area contributed by atoms with Crippen LogP contribution < -0.4 is 4.74 Å². The van der Waals surface area contributed by atoms with Crippen molar-refractivity contribution in [2.45, 2.75) is 50.9 Å². The van der Waals surface area contributed by atoms with Crippen molar-refractivity contribution >= 4 is 11.9 Å². The number of carbonyl (C=O) groups excluding carboxylic acids is 2. The summed E-state index contributed by atoms with van der Waals surface area (Å²) in [5.41, 5.74) is 3.51. The van der Waals surface area contributed by atoms with E-state index in [1.165, 1.54) is 0 Å². The standard InChI is InChI=1S/C36H36O6/c1-23-15-17-25(18-16-23)33(37)41-31-32(42-34(38)26-19-21-27(39-5)22-20-26)36(4,40-6)30-14-10-9-13-29(30)35(31,3)28-12-8-7-11-24(28)2/h7-22,31-32H,1-6H3/t31?,32?,35-,36-/m1/s1. The Hall–Kier alpha value is -4.42. The second kappa shape index (κ2) is 11.5. The number of carbonyl (C=O) groups is 2. The Balaban J connectivity index is 1.71. The number of esters is 2. The molecule has 1 aliphatic carbocycles. The number of fused-ring (bicyclic) bond motifs is 1. The molecular formula is C36H36O6. The molecule has 5 rings (SSSR count). The van der Waals surface area contributed by atoms with Gasteiger partial charge in [0.1, 0.15) is 11.4 Å². The molecule has 2 unspecified atom stereocenters. The minimum absolute atomic E-state index is 0.342. The van der Waals surface area contributed by atoms with Crippen molar-refractivity contribution < 1.29 is 28.5 Å². The van der Waals surface area contributed by atoms with Crippen LogP contribution in [0.3, 0.4) is 0 Å². The van der Waals surface area contributed by atoms with Crippen LogP contribution >= 0.6 is 0 Å². The molecule has 216 valence electrons. The van der Waals surface area contributed by atoms with Gasteiger partial charge in [0.2, 0.25) is 0 Å². The molecule has 4 atom stereocenters. The maximum atomic E-state index is 13.8. The zero-order valence-electron chi connectivity index (χ0n) is 24.8. The molecule has 0 N–H and O–H groups in total. The van der Waals surface area contributed by atoms with Crippen molar-refractivity contribution in [1.82, 2.24) is 0 Å². The Kier molecular flexibility index (Phi) is 7.93. The number of aryl methyl sites for hydroxylation is 2. The fourth-order valence-corrected chi connectivity index (χ4v) is 6.08. The third-order valence-electron chi connectivity index (χ3n) is 8.62. The van der Waals surface area contributed by atoms with Gasteiger partial charge in [0, 0.05) is 7.11 Å². The molecule has 0 aliphatic heterocycles. The van der Waals surface area contributed by atoms with E-state index in [1.54, 1.807) is 50.6 Å². The maximum Gasteiger partial charge on any atom is 0.338 e. The second-order valence-electron chi connectivity index (χ2n) is 11.1. The minimum Gasteiger partial charge on any atom is -0.497 e. The van der Waals surface area contributed by atoms with Crippen molar-refractivity contribution in [3.8, 4) is 5.75 Å². The molecule has 0 radical (unpaired) electrons. The predicted molar refractivity (Wildman–Crippen MR) is 161 cm³/mol. The lowest BCUT2D eigenvalue weighted by Crippen LogP contribution is -2.62. The Labute approximate surface area is 247 Å². The van der Waals surface area contributed by atoms with E-state index in [0.717, 1.165) is 27.8 Å². The van der Waals surface area contributed by atoms with Gasteiger partial charge in [-0.15, -0.1) is 0 Å². The summed E-state index contributed by atoms with van der Waals surface area (Å²) in [7, 11) is 3.15. The molecule has 0 spiro atoms. The highest BCUT2D eigenvalue weighted by molar-refractivity contribution is 5.91. The van der Waals surface area contributed by atoms with Crippen LogP contribution in [0, 0.1) is 13.8 Å². The Bertz CT molecular complexity index is 1590. The molecule has 0 aromatic heterocycles. The molecule has 0 saturated carbocycles. The Morgan fingerprint density at radius 1 is 0.619 bits per heavy atom. The highest BCUT2D eigenvalue weighted by Gasteiger charge is 2.60. The fraction of sp³-hybridized carbons (Fsp3) is 0.278. The molecule has 0 saturated heterocycles. The molecule has 6 nitrogen and oxygen atoms in total. The van der Waals surface area contributed by atoms with E-state index in [2.05, 4.69) is 0 Å². The topological polar surface area (TPSA) is 71.1 Å². The van der Waals surface area contributed by atoms with Gasteiger partial charge in [0.05, 0.1) is 23.7 Å². The normalized spacial score (nSPS) is 23.0. The van der Waals surface area contributed by atoms with E-state index in [1.807, 2.05) is 88.4 Å². The first-order valence-electron chi connectivity index (χ1n) is 14.0. The highest BCUT2D eigenvalue weighted by atomic mass is 16.6. The highest BCUT2D eigenvalue weighted by Crippen LogP contribution is 2.53. The van der Waals surface area contributed by atoms with Gasteiger partial charge in [0.25, 0.3) is 0 Å². The summed E-state index contributed by atoms with van der Waals surface area (Å²) in [5, 5.41) is 0. The monoisotopic (exact) mass is 564 g/mol. The van der Waals surface area contributed by atoms with Crippen LogP contribution in [0.15, 0.2) is 97.1 Å². The van der Waals surface area contributed by atoms with Crippen LogP contribution in [0.25, 0.3) is 0 Å². The van der Waals surface area contributed by atoms with Crippen LogP contribution in [0.2, 0.25) is 0 Å². The third-order valence-corrected chi connectivity index (χ3v) is 8.62.